The van der Waals surface area contributed by atoms with Crippen molar-refractivity contribution in [2.45, 2.75) is 38.6 Å². The number of sulfonamides is 1. The van der Waals surface area contributed by atoms with Crippen LogP contribution in [0.5, 0.6) is 0 Å². The van der Waals surface area contributed by atoms with E-state index in [1.165, 1.54) is 12.1 Å². The number of benzene rings is 1. The summed E-state index contributed by atoms with van der Waals surface area (Å²) in [5.74, 6) is -1.63. The van der Waals surface area contributed by atoms with Gasteiger partial charge in [0, 0.05) is 12.6 Å². The highest BCUT2D eigenvalue weighted by Crippen LogP contribution is 2.27. The van der Waals surface area contributed by atoms with Crippen molar-refractivity contribution in [1.82, 2.24) is 14.9 Å². The van der Waals surface area contributed by atoms with Crippen LogP contribution in [0.3, 0.4) is 0 Å². The molecule has 0 saturated heterocycles. The van der Waals surface area contributed by atoms with Gasteiger partial charge in [-0.3, -0.25) is 0 Å². The van der Waals surface area contributed by atoms with E-state index in [0.29, 0.717) is 12.5 Å². The lowest BCUT2D eigenvalue weighted by Gasteiger charge is -2.28. The van der Waals surface area contributed by atoms with Crippen molar-refractivity contribution in [3.63, 3.8) is 0 Å². The molecule has 0 spiro atoms. The minimum atomic E-state index is -3.17. The molecule has 1 heterocycles. The van der Waals surface area contributed by atoms with Gasteiger partial charge in [0.15, 0.2) is 11.6 Å². The van der Waals surface area contributed by atoms with Crippen molar-refractivity contribution < 1.29 is 21.7 Å². The van der Waals surface area contributed by atoms with E-state index in [-0.39, 0.29) is 29.2 Å². The highest BCUT2D eigenvalue weighted by molar-refractivity contribution is 7.89. The van der Waals surface area contributed by atoms with E-state index in [4.69, 9.17) is 4.52 Å². The van der Waals surface area contributed by atoms with E-state index in [2.05, 4.69) is 20.2 Å². The number of aromatic nitrogens is 2. The molecule has 0 unspecified atom stereocenters. The Labute approximate surface area is 156 Å². The molecular weight excluding hydrogens is 378 g/mol. The molecule has 3 rings (SSSR count). The summed E-state index contributed by atoms with van der Waals surface area (Å²) in [4.78, 5) is 4.09. The third kappa shape index (κ3) is 5.01. The van der Waals surface area contributed by atoms with E-state index in [1.54, 1.807) is 6.92 Å². The Balaban J connectivity index is 1.53. The van der Waals surface area contributed by atoms with Gasteiger partial charge in [0.25, 0.3) is 0 Å². The molecule has 2 N–H and O–H groups in total. The summed E-state index contributed by atoms with van der Waals surface area (Å²) in [5.41, 5.74) is -0.0567. The van der Waals surface area contributed by atoms with Gasteiger partial charge in [-0.15, -0.1) is 0 Å². The van der Waals surface area contributed by atoms with Crippen molar-refractivity contribution >= 4 is 16.0 Å². The molecule has 1 aliphatic rings. The van der Waals surface area contributed by atoms with Gasteiger partial charge in [0.05, 0.1) is 11.3 Å². The highest BCUT2D eigenvalue weighted by Gasteiger charge is 2.24. The molecule has 7 nitrogen and oxygen atoms in total. The monoisotopic (exact) mass is 400 g/mol. The van der Waals surface area contributed by atoms with Crippen molar-refractivity contribution in [3.8, 4) is 11.4 Å². The fraction of sp³-hybridized carbons (Fsp3) is 0.529. The minimum Gasteiger partial charge on any atom is -0.335 e. The lowest BCUT2D eigenvalue weighted by molar-refractivity contribution is 0.330. The molecule has 148 valence electrons. The normalized spacial score (nSPS) is 20.6. The topological polar surface area (TPSA) is 97.1 Å². The molecule has 0 aliphatic heterocycles. The van der Waals surface area contributed by atoms with Gasteiger partial charge >= 0.3 is 6.01 Å². The summed E-state index contributed by atoms with van der Waals surface area (Å²) < 4.78 is 57.9. The Kier molecular flexibility index (Phi) is 6.05. The van der Waals surface area contributed by atoms with Crippen LogP contribution in [0.25, 0.3) is 11.4 Å². The van der Waals surface area contributed by atoms with Crippen LogP contribution in [-0.2, 0) is 10.0 Å². The van der Waals surface area contributed by atoms with E-state index in [9.17, 15) is 17.2 Å². The summed E-state index contributed by atoms with van der Waals surface area (Å²) in [6.07, 6.45) is 3.38. The molecular formula is C17H22F2N4O3S. The second kappa shape index (κ2) is 8.30. The Hall–Kier alpha value is -2.07. The maximum absolute atomic E-state index is 13.8. The minimum absolute atomic E-state index is 0.0165. The molecule has 1 saturated carbocycles. The lowest BCUT2D eigenvalue weighted by Crippen LogP contribution is -2.34. The summed E-state index contributed by atoms with van der Waals surface area (Å²) >= 11 is 0. The van der Waals surface area contributed by atoms with Crippen LogP contribution >= 0.6 is 0 Å². The third-order valence-corrected chi connectivity index (χ3v) is 6.13. The molecule has 0 radical (unpaired) electrons. The standard InChI is InChI=1S/C17H22F2N4O3S/c1-2-27(24,25)20-10-11-6-8-12(9-7-11)21-17-22-16(23-26-17)13-4-3-5-14(18)15(13)19/h3-5,11-12,20H,2,6-10H2,1H3,(H,21,22,23). The quantitative estimate of drug-likeness (QED) is 0.742. The smallest absolute Gasteiger partial charge is 0.322 e. The largest absolute Gasteiger partial charge is 0.335 e. The van der Waals surface area contributed by atoms with Crippen LogP contribution in [0.4, 0.5) is 14.8 Å². The Morgan fingerprint density at radius 2 is 1.96 bits per heavy atom. The van der Waals surface area contributed by atoms with E-state index < -0.39 is 21.7 Å². The number of hydrogen-bond donors (Lipinski definition) is 2. The van der Waals surface area contributed by atoms with Crippen molar-refractivity contribution in [2.75, 3.05) is 17.6 Å². The average molecular weight is 400 g/mol. The molecule has 1 aromatic heterocycles. The zero-order chi connectivity index (χ0) is 19.4. The number of anilines is 1. The van der Waals surface area contributed by atoms with Crippen LogP contribution in [-0.4, -0.2) is 36.9 Å². The molecule has 1 aliphatic carbocycles. The van der Waals surface area contributed by atoms with Gasteiger partial charge in [-0.2, -0.15) is 4.98 Å². The number of hydrogen-bond acceptors (Lipinski definition) is 6. The maximum atomic E-state index is 13.8. The third-order valence-electron chi connectivity index (χ3n) is 4.76. The number of rotatable bonds is 7. The second-order valence-electron chi connectivity index (χ2n) is 6.64. The average Bonchev–Trinajstić information content (AvgIpc) is 3.12. The van der Waals surface area contributed by atoms with E-state index in [1.807, 2.05) is 0 Å². The van der Waals surface area contributed by atoms with Gasteiger partial charge in [-0.25, -0.2) is 21.9 Å². The van der Waals surface area contributed by atoms with Gasteiger partial charge in [-0.05, 0) is 50.7 Å². The van der Waals surface area contributed by atoms with Gasteiger partial charge in [-0.1, -0.05) is 11.2 Å². The molecule has 27 heavy (non-hydrogen) atoms. The first-order valence-corrected chi connectivity index (χ1v) is 10.5. The molecule has 0 atom stereocenters. The molecule has 0 amide bonds. The highest BCUT2D eigenvalue weighted by atomic mass is 32.2. The first kappa shape index (κ1) is 19.7. The van der Waals surface area contributed by atoms with Crippen LogP contribution in [0.1, 0.15) is 32.6 Å². The molecule has 10 heteroatoms. The first-order valence-electron chi connectivity index (χ1n) is 8.90. The van der Waals surface area contributed by atoms with Crippen LogP contribution in [0.15, 0.2) is 22.7 Å². The van der Waals surface area contributed by atoms with Crippen LogP contribution in [0, 0.1) is 17.6 Å². The Morgan fingerprint density at radius 3 is 2.67 bits per heavy atom. The summed E-state index contributed by atoms with van der Waals surface area (Å²) in [6.45, 7) is 2.06. The number of nitrogens with one attached hydrogen (secondary N) is 2. The van der Waals surface area contributed by atoms with Crippen molar-refractivity contribution in [2.24, 2.45) is 5.92 Å². The Bertz CT molecular complexity index is 880. The number of halogens is 2. The maximum Gasteiger partial charge on any atom is 0.322 e. The van der Waals surface area contributed by atoms with Gasteiger partial charge < -0.3 is 9.84 Å². The number of nitrogens with zero attached hydrogens (tertiary/aromatic N) is 2. The second-order valence-corrected chi connectivity index (χ2v) is 8.73. The predicted molar refractivity (Wildman–Crippen MR) is 96.5 cm³/mol. The van der Waals surface area contributed by atoms with Gasteiger partial charge in [0.2, 0.25) is 15.8 Å². The SMILES string of the molecule is CCS(=O)(=O)NCC1CCC(Nc2nc(-c3cccc(F)c3F)no2)CC1. The summed E-state index contributed by atoms with van der Waals surface area (Å²) in [6, 6.07) is 4.05. The van der Waals surface area contributed by atoms with E-state index >= 15 is 0 Å². The summed E-state index contributed by atoms with van der Waals surface area (Å²) in [5, 5.41) is 6.82. The van der Waals surface area contributed by atoms with Crippen LogP contribution < -0.4 is 10.0 Å². The van der Waals surface area contributed by atoms with Crippen molar-refractivity contribution in [1.29, 1.82) is 0 Å². The van der Waals surface area contributed by atoms with Crippen LogP contribution in [0.2, 0.25) is 0 Å². The molecule has 1 fully saturated rings. The van der Waals surface area contributed by atoms with Crippen molar-refractivity contribution in [3.05, 3.63) is 29.8 Å². The molecule has 0 bridgehead atoms. The zero-order valence-corrected chi connectivity index (χ0v) is 15.7. The fourth-order valence-electron chi connectivity index (χ4n) is 3.10. The zero-order valence-electron chi connectivity index (χ0n) is 14.9. The predicted octanol–water partition coefficient (Wildman–Crippen LogP) is 2.92. The lowest BCUT2D eigenvalue weighted by atomic mass is 9.86. The molecule has 2 aromatic rings. The first-order chi connectivity index (χ1) is 12.9. The van der Waals surface area contributed by atoms with E-state index in [0.717, 1.165) is 31.7 Å². The summed E-state index contributed by atoms with van der Waals surface area (Å²) in [7, 11) is -3.17. The fourth-order valence-corrected chi connectivity index (χ4v) is 3.79. The Morgan fingerprint density at radius 1 is 1.22 bits per heavy atom. The molecule has 1 aromatic carbocycles. The van der Waals surface area contributed by atoms with Gasteiger partial charge in [0.1, 0.15) is 0 Å².